The fourth-order valence-electron chi connectivity index (χ4n) is 1.98. The van der Waals surface area contributed by atoms with Crippen LogP contribution in [0.25, 0.3) is 5.82 Å². The second-order valence-electron chi connectivity index (χ2n) is 4.50. The zero-order chi connectivity index (χ0) is 13.1. The van der Waals surface area contributed by atoms with E-state index in [1.807, 2.05) is 32.3 Å². The molecule has 0 aliphatic heterocycles. The highest BCUT2D eigenvalue weighted by molar-refractivity contribution is 5.48. The van der Waals surface area contributed by atoms with E-state index in [4.69, 9.17) is 5.73 Å². The van der Waals surface area contributed by atoms with Crippen molar-refractivity contribution in [2.45, 2.75) is 19.9 Å². The average Bonchev–Trinajstić information content (AvgIpc) is 2.66. The molecule has 0 amide bonds. The molecule has 0 fully saturated rings. The Morgan fingerprint density at radius 1 is 1.33 bits per heavy atom. The summed E-state index contributed by atoms with van der Waals surface area (Å²) in [4.78, 5) is 6.37. The van der Waals surface area contributed by atoms with Crippen molar-refractivity contribution >= 4 is 5.82 Å². The molecule has 96 valence electrons. The van der Waals surface area contributed by atoms with E-state index in [1.165, 1.54) is 0 Å². The van der Waals surface area contributed by atoms with Crippen molar-refractivity contribution in [2.75, 3.05) is 19.8 Å². The fourth-order valence-corrected chi connectivity index (χ4v) is 1.98. The SMILES string of the molecule is CCc1c(CN(C)C)nn(-c2ccccn2)c1N. The maximum atomic E-state index is 6.16. The first kappa shape index (κ1) is 12.6. The van der Waals surface area contributed by atoms with Crippen LogP contribution in [0.2, 0.25) is 0 Å². The molecule has 5 nitrogen and oxygen atoms in total. The molecule has 0 saturated heterocycles. The summed E-state index contributed by atoms with van der Waals surface area (Å²) < 4.78 is 1.72. The molecule has 2 rings (SSSR count). The van der Waals surface area contributed by atoms with Gasteiger partial charge in [-0.15, -0.1) is 0 Å². The maximum Gasteiger partial charge on any atom is 0.155 e. The minimum Gasteiger partial charge on any atom is -0.383 e. The molecular weight excluding hydrogens is 226 g/mol. The zero-order valence-corrected chi connectivity index (χ0v) is 11.1. The highest BCUT2D eigenvalue weighted by Crippen LogP contribution is 2.21. The van der Waals surface area contributed by atoms with Crippen LogP contribution < -0.4 is 5.73 Å². The Kier molecular flexibility index (Phi) is 3.62. The summed E-state index contributed by atoms with van der Waals surface area (Å²) in [5, 5.41) is 4.58. The van der Waals surface area contributed by atoms with Gasteiger partial charge >= 0.3 is 0 Å². The predicted octanol–water partition coefficient (Wildman–Crippen LogP) is 1.47. The van der Waals surface area contributed by atoms with Gasteiger partial charge in [0.15, 0.2) is 5.82 Å². The lowest BCUT2D eigenvalue weighted by Crippen LogP contribution is -2.12. The number of nitrogens with zero attached hydrogens (tertiary/aromatic N) is 4. The zero-order valence-electron chi connectivity index (χ0n) is 11.1. The van der Waals surface area contributed by atoms with Crippen LogP contribution in [0.15, 0.2) is 24.4 Å². The quantitative estimate of drug-likeness (QED) is 0.886. The highest BCUT2D eigenvalue weighted by Gasteiger charge is 2.15. The number of nitrogens with two attached hydrogens (primary N) is 1. The van der Waals surface area contributed by atoms with E-state index in [0.717, 1.165) is 30.0 Å². The van der Waals surface area contributed by atoms with Gasteiger partial charge in [-0.25, -0.2) is 4.98 Å². The van der Waals surface area contributed by atoms with Gasteiger partial charge in [-0.2, -0.15) is 9.78 Å². The molecule has 0 atom stereocenters. The highest BCUT2D eigenvalue weighted by atomic mass is 15.3. The molecule has 2 aromatic rings. The minimum absolute atomic E-state index is 0.688. The first-order valence-corrected chi connectivity index (χ1v) is 6.05. The smallest absolute Gasteiger partial charge is 0.155 e. The Bertz CT molecular complexity index is 516. The number of aromatic nitrogens is 3. The van der Waals surface area contributed by atoms with Gasteiger partial charge in [0.05, 0.1) is 5.69 Å². The van der Waals surface area contributed by atoms with E-state index >= 15 is 0 Å². The van der Waals surface area contributed by atoms with Crippen LogP contribution in [-0.4, -0.2) is 33.8 Å². The van der Waals surface area contributed by atoms with Crippen LogP contribution in [0.3, 0.4) is 0 Å². The van der Waals surface area contributed by atoms with Crippen LogP contribution in [0.5, 0.6) is 0 Å². The van der Waals surface area contributed by atoms with Crippen LogP contribution in [0.1, 0.15) is 18.2 Å². The number of hydrogen-bond donors (Lipinski definition) is 1. The molecule has 0 aliphatic carbocycles. The number of hydrogen-bond acceptors (Lipinski definition) is 4. The fraction of sp³-hybridized carbons (Fsp3) is 0.385. The Labute approximate surface area is 107 Å². The number of anilines is 1. The first-order chi connectivity index (χ1) is 8.63. The Morgan fingerprint density at radius 2 is 2.11 bits per heavy atom. The lowest BCUT2D eigenvalue weighted by Gasteiger charge is -2.07. The average molecular weight is 245 g/mol. The van der Waals surface area contributed by atoms with Crippen molar-refractivity contribution in [3.8, 4) is 5.82 Å². The maximum absolute atomic E-state index is 6.16. The number of pyridine rings is 1. The van der Waals surface area contributed by atoms with Gasteiger partial charge in [0.1, 0.15) is 5.82 Å². The molecule has 5 heteroatoms. The van der Waals surface area contributed by atoms with Gasteiger partial charge in [0.2, 0.25) is 0 Å². The van der Waals surface area contributed by atoms with Crippen molar-refractivity contribution < 1.29 is 0 Å². The van der Waals surface area contributed by atoms with E-state index in [1.54, 1.807) is 10.9 Å². The van der Waals surface area contributed by atoms with Gasteiger partial charge in [-0.1, -0.05) is 13.0 Å². The normalized spacial score (nSPS) is 11.1. The molecule has 2 heterocycles. The summed E-state index contributed by atoms with van der Waals surface area (Å²) in [5.74, 6) is 1.45. The summed E-state index contributed by atoms with van der Waals surface area (Å²) in [6, 6.07) is 5.72. The lowest BCUT2D eigenvalue weighted by atomic mass is 10.2. The van der Waals surface area contributed by atoms with Crippen LogP contribution in [0.4, 0.5) is 5.82 Å². The minimum atomic E-state index is 0.688. The van der Waals surface area contributed by atoms with Crippen molar-refractivity contribution in [2.24, 2.45) is 0 Å². The molecule has 2 aromatic heterocycles. The first-order valence-electron chi connectivity index (χ1n) is 6.05. The molecule has 0 spiro atoms. The molecule has 0 saturated carbocycles. The van der Waals surface area contributed by atoms with Crippen molar-refractivity contribution in [1.29, 1.82) is 0 Å². The number of rotatable bonds is 4. The summed E-state index contributed by atoms with van der Waals surface area (Å²) in [6.45, 7) is 2.88. The second kappa shape index (κ2) is 5.18. The molecule has 18 heavy (non-hydrogen) atoms. The summed E-state index contributed by atoms with van der Waals surface area (Å²) in [6.07, 6.45) is 2.62. The molecule has 0 aromatic carbocycles. The van der Waals surface area contributed by atoms with Crippen LogP contribution in [-0.2, 0) is 13.0 Å². The van der Waals surface area contributed by atoms with Gasteiger partial charge < -0.3 is 10.6 Å². The van der Waals surface area contributed by atoms with Gasteiger partial charge in [-0.05, 0) is 32.6 Å². The molecule has 0 aliphatic rings. The Balaban J connectivity index is 2.47. The van der Waals surface area contributed by atoms with Gasteiger partial charge in [-0.3, -0.25) is 0 Å². The summed E-state index contributed by atoms with van der Waals surface area (Å²) in [5.41, 5.74) is 8.29. The van der Waals surface area contributed by atoms with Crippen LogP contribution in [0, 0.1) is 0 Å². The van der Waals surface area contributed by atoms with Gasteiger partial charge in [0, 0.05) is 18.3 Å². The van der Waals surface area contributed by atoms with E-state index in [2.05, 4.69) is 21.9 Å². The molecule has 0 radical (unpaired) electrons. The predicted molar refractivity (Wildman–Crippen MR) is 72.5 cm³/mol. The van der Waals surface area contributed by atoms with Gasteiger partial charge in [0.25, 0.3) is 0 Å². The third-order valence-electron chi connectivity index (χ3n) is 2.79. The molecular formula is C13H19N5. The summed E-state index contributed by atoms with van der Waals surface area (Å²) >= 11 is 0. The standard InChI is InChI=1S/C13H19N5/c1-4-10-11(9-17(2)3)16-18(13(10)14)12-7-5-6-8-15-12/h5-8H,4,9,14H2,1-3H3. The monoisotopic (exact) mass is 245 g/mol. The topological polar surface area (TPSA) is 60.0 Å². The third-order valence-corrected chi connectivity index (χ3v) is 2.79. The summed E-state index contributed by atoms with van der Waals surface area (Å²) in [7, 11) is 4.05. The lowest BCUT2D eigenvalue weighted by molar-refractivity contribution is 0.394. The Hall–Kier alpha value is -1.88. The number of nitrogen functional groups attached to an aromatic ring is 1. The van der Waals surface area contributed by atoms with E-state index < -0.39 is 0 Å². The van der Waals surface area contributed by atoms with E-state index in [-0.39, 0.29) is 0 Å². The van der Waals surface area contributed by atoms with Crippen molar-refractivity contribution in [3.63, 3.8) is 0 Å². The van der Waals surface area contributed by atoms with E-state index in [0.29, 0.717) is 5.82 Å². The largest absolute Gasteiger partial charge is 0.383 e. The van der Waals surface area contributed by atoms with Crippen LogP contribution >= 0.6 is 0 Å². The van der Waals surface area contributed by atoms with Crippen molar-refractivity contribution in [1.82, 2.24) is 19.7 Å². The molecule has 2 N–H and O–H groups in total. The Morgan fingerprint density at radius 3 is 2.67 bits per heavy atom. The third kappa shape index (κ3) is 2.36. The van der Waals surface area contributed by atoms with E-state index in [9.17, 15) is 0 Å². The molecule has 0 unspecified atom stereocenters. The second-order valence-corrected chi connectivity index (χ2v) is 4.50. The van der Waals surface area contributed by atoms with Crippen molar-refractivity contribution in [3.05, 3.63) is 35.7 Å². The molecule has 0 bridgehead atoms.